The van der Waals surface area contributed by atoms with Crippen molar-refractivity contribution in [1.82, 2.24) is 14.7 Å². The molecule has 0 saturated carbocycles. The molecular formula is C19H24N4O2. The van der Waals surface area contributed by atoms with Gasteiger partial charge in [0.15, 0.2) is 0 Å². The van der Waals surface area contributed by atoms with Gasteiger partial charge in [-0.1, -0.05) is 12.1 Å². The van der Waals surface area contributed by atoms with Crippen molar-refractivity contribution < 1.29 is 9.53 Å². The first-order valence-electron chi connectivity index (χ1n) is 8.89. The van der Waals surface area contributed by atoms with E-state index >= 15 is 0 Å². The molecule has 25 heavy (non-hydrogen) atoms. The maximum atomic E-state index is 13.3. The molecule has 4 rings (SSSR count). The predicted molar refractivity (Wildman–Crippen MR) is 95.3 cm³/mol. The molecule has 1 aliphatic carbocycles. The van der Waals surface area contributed by atoms with Crippen LogP contribution in [-0.4, -0.2) is 46.4 Å². The standard InChI is InChI=1S/C19H24N4O2/c1-25-15-10-14(11-22-9-8-18(20)21-22)23(12-15)19(24)17-7-3-5-13-4-2-6-16(13)17/h3,5,7-9,14-15H,2,4,6,10-12H2,1H3,(H2,20,21)/t14-,15-/m0/s1. The first kappa shape index (κ1) is 16.1. The van der Waals surface area contributed by atoms with Gasteiger partial charge in [-0.3, -0.25) is 9.48 Å². The smallest absolute Gasteiger partial charge is 0.254 e. The Kier molecular flexibility index (Phi) is 4.21. The van der Waals surface area contributed by atoms with E-state index in [-0.39, 0.29) is 18.1 Å². The fraction of sp³-hybridized carbons (Fsp3) is 0.474. The summed E-state index contributed by atoms with van der Waals surface area (Å²) in [5.41, 5.74) is 9.13. The lowest BCUT2D eigenvalue weighted by atomic mass is 10.0. The molecule has 0 radical (unpaired) electrons. The highest BCUT2D eigenvalue weighted by Crippen LogP contribution is 2.29. The molecule has 6 heteroatoms. The molecule has 1 aromatic heterocycles. The number of carbonyl (C=O) groups is 1. The number of anilines is 1. The number of likely N-dealkylation sites (tertiary alicyclic amines) is 1. The Hall–Kier alpha value is -2.34. The van der Waals surface area contributed by atoms with Crippen LogP contribution < -0.4 is 5.73 Å². The number of hydrogen-bond acceptors (Lipinski definition) is 4. The van der Waals surface area contributed by atoms with Gasteiger partial charge in [0.05, 0.1) is 18.7 Å². The van der Waals surface area contributed by atoms with E-state index in [2.05, 4.69) is 11.2 Å². The van der Waals surface area contributed by atoms with Crippen molar-refractivity contribution in [3.63, 3.8) is 0 Å². The molecule has 2 atom stereocenters. The second kappa shape index (κ2) is 6.52. The first-order valence-corrected chi connectivity index (χ1v) is 8.89. The van der Waals surface area contributed by atoms with E-state index in [0.717, 1.165) is 31.2 Å². The Labute approximate surface area is 147 Å². The quantitative estimate of drug-likeness (QED) is 0.922. The van der Waals surface area contributed by atoms with E-state index in [1.165, 1.54) is 11.1 Å². The maximum Gasteiger partial charge on any atom is 0.254 e. The normalized spacial score (nSPS) is 22.4. The number of benzene rings is 1. The summed E-state index contributed by atoms with van der Waals surface area (Å²) in [4.78, 5) is 15.2. The minimum atomic E-state index is 0.0639. The van der Waals surface area contributed by atoms with Crippen LogP contribution in [0.1, 0.15) is 34.3 Å². The molecule has 2 aromatic rings. The third-order valence-corrected chi connectivity index (χ3v) is 5.41. The van der Waals surface area contributed by atoms with Crippen molar-refractivity contribution in [2.24, 2.45) is 0 Å². The number of methoxy groups -OCH3 is 1. The van der Waals surface area contributed by atoms with Gasteiger partial charge in [-0.05, 0) is 48.9 Å². The molecule has 0 unspecified atom stereocenters. The Morgan fingerprint density at radius 3 is 3.00 bits per heavy atom. The van der Waals surface area contributed by atoms with Crippen LogP contribution in [0.3, 0.4) is 0 Å². The van der Waals surface area contributed by atoms with Crippen LogP contribution in [-0.2, 0) is 24.1 Å². The molecule has 1 amide bonds. The molecule has 0 spiro atoms. The lowest BCUT2D eigenvalue weighted by molar-refractivity contribution is 0.0678. The van der Waals surface area contributed by atoms with Gasteiger partial charge in [0.1, 0.15) is 5.82 Å². The van der Waals surface area contributed by atoms with Crippen molar-refractivity contribution in [3.05, 3.63) is 47.2 Å². The zero-order valence-corrected chi connectivity index (χ0v) is 14.5. The van der Waals surface area contributed by atoms with Crippen molar-refractivity contribution in [3.8, 4) is 0 Å². The second-order valence-electron chi connectivity index (χ2n) is 6.96. The minimum absolute atomic E-state index is 0.0639. The van der Waals surface area contributed by atoms with Gasteiger partial charge >= 0.3 is 0 Å². The highest BCUT2D eigenvalue weighted by atomic mass is 16.5. The zero-order chi connectivity index (χ0) is 17.4. The molecular weight excluding hydrogens is 316 g/mol. The van der Waals surface area contributed by atoms with Crippen LogP contribution in [0.25, 0.3) is 0 Å². The number of carbonyl (C=O) groups excluding carboxylic acids is 1. The van der Waals surface area contributed by atoms with E-state index in [1.807, 2.05) is 27.9 Å². The highest BCUT2D eigenvalue weighted by molar-refractivity contribution is 5.96. The molecule has 0 bridgehead atoms. The molecule has 2 aliphatic rings. The van der Waals surface area contributed by atoms with Crippen LogP contribution in [0.5, 0.6) is 0 Å². The van der Waals surface area contributed by atoms with Gasteiger partial charge in [-0.2, -0.15) is 5.10 Å². The summed E-state index contributed by atoms with van der Waals surface area (Å²) in [7, 11) is 1.71. The summed E-state index contributed by atoms with van der Waals surface area (Å²) in [6, 6.07) is 7.96. The number of ether oxygens (including phenoxy) is 1. The molecule has 6 nitrogen and oxygen atoms in total. The van der Waals surface area contributed by atoms with E-state index in [0.29, 0.717) is 18.9 Å². The number of amides is 1. The van der Waals surface area contributed by atoms with Gasteiger partial charge in [-0.15, -0.1) is 0 Å². The number of nitrogen functional groups attached to an aromatic ring is 1. The number of hydrogen-bond donors (Lipinski definition) is 1. The number of rotatable bonds is 4. The van der Waals surface area contributed by atoms with E-state index in [9.17, 15) is 4.79 Å². The average Bonchev–Trinajstić information content (AvgIpc) is 3.33. The number of fused-ring (bicyclic) bond motifs is 1. The van der Waals surface area contributed by atoms with Crippen LogP contribution in [0.15, 0.2) is 30.5 Å². The van der Waals surface area contributed by atoms with Crippen LogP contribution in [0.2, 0.25) is 0 Å². The zero-order valence-electron chi connectivity index (χ0n) is 14.5. The van der Waals surface area contributed by atoms with Gasteiger partial charge in [0.25, 0.3) is 5.91 Å². The Morgan fingerprint density at radius 1 is 1.36 bits per heavy atom. The minimum Gasteiger partial charge on any atom is -0.382 e. The molecule has 1 saturated heterocycles. The predicted octanol–water partition coefficient (Wildman–Crippen LogP) is 1.88. The number of nitrogens with two attached hydrogens (primary N) is 1. The number of nitrogens with zero attached hydrogens (tertiary/aromatic N) is 3. The van der Waals surface area contributed by atoms with Crippen LogP contribution in [0.4, 0.5) is 5.82 Å². The summed E-state index contributed by atoms with van der Waals surface area (Å²) < 4.78 is 7.36. The van der Waals surface area contributed by atoms with Gasteiger partial charge < -0.3 is 15.4 Å². The summed E-state index contributed by atoms with van der Waals surface area (Å²) >= 11 is 0. The molecule has 2 heterocycles. The summed E-state index contributed by atoms with van der Waals surface area (Å²) in [6.07, 6.45) is 5.96. The lowest BCUT2D eigenvalue weighted by Crippen LogP contribution is -2.39. The average molecular weight is 340 g/mol. The van der Waals surface area contributed by atoms with Crippen molar-refractivity contribution in [2.45, 2.75) is 44.4 Å². The second-order valence-corrected chi connectivity index (χ2v) is 6.96. The first-order chi connectivity index (χ1) is 12.2. The monoisotopic (exact) mass is 340 g/mol. The molecule has 1 fully saturated rings. The Bertz CT molecular complexity index is 785. The maximum absolute atomic E-state index is 13.3. The fourth-order valence-corrected chi connectivity index (χ4v) is 4.14. The third-order valence-electron chi connectivity index (χ3n) is 5.41. The summed E-state index contributed by atoms with van der Waals surface area (Å²) in [5, 5.41) is 4.27. The van der Waals surface area contributed by atoms with Crippen LogP contribution >= 0.6 is 0 Å². The molecule has 1 aliphatic heterocycles. The largest absolute Gasteiger partial charge is 0.382 e. The van der Waals surface area contributed by atoms with Gasteiger partial charge in [0, 0.05) is 25.4 Å². The Morgan fingerprint density at radius 2 is 2.24 bits per heavy atom. The highest BCUT2D eigenvalue weighted by Gasteiger charge is 2.37. The van der Waals surface area contributed by atoms with E-state index in [4.69, 9.17) is 10.5 Å². The number of aromatic nitrogens is 2. The van der Waals surface area contributed by atoms with Gasteiger partial charge in [0.2, 0.25) is 0 Å². The van der Waals surface area contributed by atoms with Gasteiger partial charge in [-0.25, -0.2) is 0 Å². The molecule has 1 aromatic carbocycles. The lowest BCUT2D eigenvalue weighted by Gasteiger charge is -2.25. The topological polar surface area (TPSA) is 73.4 Å². The number of aryl methyl sites for hydroxylation is 1. The third kappa shape index (κ3) is 3.02. The summed E-state index contributed by atoms with van der Waals surface area (Å²) in [5.74, 6) is 0.614. The van der Waals surface area contributed by atoms with E-state index < -0.39 is 0 Å². The van der Waals surface area contributed by atoms with Crippen molar-refractivity contribution in [2.75, 3.05) is 19.4 Å². The fourth-order valence-electron chi connectivity index (χ4n) is 4.14. The van der Waals surface area contributed by atoms with Crippen molar-refractivity contribution >= 4 is 11.7 Å². The van der Waals surface area contributed by atoms with Crippen LogP contribution in [0, 0.1) is 0 Å². The summed E-state index contributed by atoms with van der Waals surface area (Å²) in [6.45, 7) is 1.26. The molecule has 132 valence electrons. The van der Waals surface area contributed by atoms with E-state index in [1.54, 1.807) is 13.2 Å². The molecule has 2 N–H and O–H groups in total. The SMILES string of the molecule is CO[C@H]1C[C@@H](Cn2ccc(N)n2)N(C(=O)c2cccc3c2CCC3)C1. The van der Waals surface area contributed by atoms with Crippen molar-refractivity contribution in [1.29, 1.82) is 0 Å². The Balaban J connectivity index is 1.60.